The summed E-state index contributed by atoms with van der Waals surface area (Å²) in [5, 5.41) is 8.91. The lowest BCUT2D eigenvalue weighted by molar-refractivity contribution is 0.0962. The van der Waals surface area contributed by atoms with Crippen molar-refractivity contribution in [1.82, 2.24) is 9.88 Å². The second-order valence-electron chi connectivity index (χ2n) is 11.7. The highest BCUT2D eigenvalue weighted by Crippen LogP contribution is 2.41. The van der Waals surface area contributed by atoms with Crippen LogP contribution in [0.1, 0.15) is 58.9 Å². The van der Waals surface area contributed by atoms with Crippen molar-refractivity contribution >= 4 is 17.3 Å². The number of carbonyl (C=O) groups is 1. The number of ketones is 1. The second-order valence-corrected chi connectivity index (χ2v) is 11.7. The number of morpholine rings is 1. The van der Waals surface area contributed by atoms with Crippen molar-refractivity contribution in [1.29, 1.82) is 5.41 Å². The zero-order chi connectivity index (χ0) is 28.7. The molecule has 214 valence electrons. The molecule has 0 bridgehead atoms. The monoisotopic (exact) mass is 556 g/mol. The Kier molecular flexibility index (Phi) is 7.07. The minimum absolute atomic E-state index is 0.0426. The first-order valence-corrected chi connectivity index (χ1v) is 14.0. The Morgan fingerprint density at radius 2 is 1.76 bits per heavy atom. The molecule has 4 heterocycles. The van der Waals surface area contributed by atoms with Crippen molar-refractivity contribution in [3.05, 3.63) is 76.1 Å². The van der Waals surface area contributed by atoms with Gasteiger partial charge in [0.1, 0.15) is 24.8 Å². The second kappa shape index (κ2) is 10.7. The van der Waals surface area contributed by atoms with Gasteiger partial charge in [-0.15, -0.1) is 0 Å². The largest absolute Gasteiger partial charge is 0.494 e. The molecule has 1 fully saturated rings. The van der Waals surface area contributed by atoms with Crippen LogP contribution in [0.4, 0.5) is 5.69 Å². The number of benzene rings is 2. The predicted molar refractivity (Wildman–Crippen MR) is 156 cm³/mol. The fourth-order valence-electron chi connectivity index (χ4n) is 5.66. The molecule has 3 aromatic rings. The molecule has 0 spiro atoms. The summed E-state index contributed by atoms with van der Waals surface area (Å²) in [5.41, 5.74) is 6.00. The van der Waals surface area contributed by atoms with Crippen LogP contribution in [0.3, 0.4) is 0 Å². The molecule has 1 aromatic heterocycles. The van der Waals surface area contributed by atoms with Gasteiger partial charge in [0.2, 0.25) is 0 Å². The number of hydrogen-bond acceptors (Lipinski definition) is 8. The van der Waals surface area contributed by atoms with E-state index in [0.29, 0.717) is 55.9 Å². The number of aromatic nitrogens is 1. The molecule has 3 aliphatic rings. The number of amidine groups is 1. The molecule has 41 heavy (non-hydrogen) atoms. The molecule has 1 N–H and O–H groups in total. The molecule has 9 nitrogen and oxygen atoms in total. The lowest BCUT2D eigenvalue weighted by Gasteiger charge is -2.33. The maximum Gasteiger partial charge on any atom is 0.182 e. The van der Waals surface area contributed by atoms with Gasteiger partial charge in [0, 0.05) is 54.3 Å². The molecule has 0 atom stereocenters. The van der Waals surface area contributed by atoms with Crippen LogP contribution in [0.15, 0.2) is 42.7 Å². The van der Waals surface area contributed by atoms with Crippen LogP contribution in [0, 0.1) is 5.41 Å². The van der Waals surface area contributed by atoms with Crippen molar-refractivity contribution in [2.24, 2.45) is 0 Å². The van der Waals surface area contributed by atoms with E-state index in [1.54, 1.807) is 19.5 Å². The summed E-state index contributed by atoms with van der Waals surface area (Å²) in [6, 6.07) is 9.63. The quantitative estimate of drug-likeness (QED) is 0.451. The summed E-state index contributed by atoms with van der Waals surface area (Å²) in [6.45, 7) is 10.5. The SMILES string of the molecule is COc1c(N2CCOCC2)cc(C(=O)CN2Cc3cc4c(cc3C2=N)OCc2ccncc2CO4)cc1C(C)(C)C. The Hall–Kier alpha value is -4.11. The maximum absolute atomic E-state index is 13.8. The van der Waals surface area contributed by atoms with E-state index >= 15 is 0 Å². The van der Waals surface area contributed by atoms with E-state index in [0.717, 1.165) is 52.3 Å². The summed E-state index contributed by atoms with van der Waals surface area (Å²) < 4.78 is 23.7. The number of pyridine rings is 1. The third-order valence-electron chi connectivity index (χ3n) is 7.96. The van der Waals surface area contributed by atoms with Crippen LogP contribution in [-0.2, 0) is 29.9 Å². The number of anilines is 1. The van der Waals surface area contributed by atoms with E-state index in [9.17, 15) is 4.79 Å². The zero-order valence-electron chi connectivity index (χ0n) is 24.1. The topological polar surface area (TPSA) is 97.2 Å². The van der Waals surface area contributed by atoms with Gasteiger partial charge in [0.25, 0.3) is 0 Å². The van der Waals surface area contributed by atoms with Crippen LogP contribution in [0.2, 0.25) is 0 Å². The van der Waals surface area contributed by atoms with Gasteiger partial charge < -0.3 is 28.7 Å². The van der Waals surface area contributed by atoms with Gasteiger partial charge in [0.05, 0.1) is 32.6 Å². The van der Waals surface area contributed by atoms with E-state index in [2.05, 4.69) is 30.7 Å². The smallest absolute Gasteiger partial charge is 0.182 e. The molecular weight excluding hydrogens is 520 g/mol. The zero-order valence-corrected chi connectivity index (χ0v) is 24.1. The molecule has 0 saturated carbocycles. The fourth-order valence-corrected chi connectivity index (χ4v) is 5.66. The average molecular weight is 557 g/mol. The van der Waals surface area contributed by atoms with E-state index in [-0.39, 0.29) is 17.7 Å². The number of nitrogens with one attached hydrogen (secondary N) is 1. The number of Topliss-reactive ketones (excluding diaryl/α,β-unsaturated/α-hetero) is 1. The van der Waals surface area contributed by atoms with Crippen LogP contribution >= 0.6 is 0 Å². The Labute approximate surface area is 240 Å². The highest BCUT2D eigenvalue weighted by atomic mass is 16.5. The van der Waals surface area contributed by atoms with Crippen LogP contribution < -0.4 is 19.1 Å². The predicted octanol–water partition coefficient (Wildman–Crippen LogP) is 4.72. The lowest BCUT2D eigenvalue weighted by Crippen LogP contribution is -2.37. The number of nitrogens with zero attached hydrogens (tertiary/aromatic N) is 3. The molecule has 0 radical (unpaired) electrons. The van der Waals surface area contributed by atoms with E-state index in [1.807, 2.05) is 35.2 Å². The molecule has 0 unspecified atom stereocenters. The third kappa shape index (κ3) is 5.22. The number of methoxy groups -OCH3 is 1. The first-order valence-electron chi connectivity index (χ1n) is 14.0. The first kappa shape index (κ1) is 27.1. The third-order valence-corrected chi connectivity index (χ3v) is 7.96. The number of rotatable bonds is 5. The van der Waals surface area contributed by atoms with Crippen LogP contribution in [0.25, 0.3) is 0 Å². The lowest BCUT2D eigenvalue weighted by atomic mass is 9.84. The summed E-state index contributed by atoms with van der Waals surface area (Å²) in [5.74, 6) is 2.31. The Bertz CT molecular complexity index is 1510. The summed E-state index contributed by atoms with van der Waals surface area (Å²) in [4.78, 5) is 22.0. The van der Waals surface area contributed by atoms with Crippen LogP contribution in [-0.4, -0.2) is 61.5 Å². The van der Waals surface area contributed by atoms with Gasteiger partial charge in [-0.3, -0.25) is 15.2 Å². The molecule has 0 aliphatic carbocycles. The Balaban J connectivity index is 1.26. The van der Waals surface area contributed by atoms with Crippen molar-refractivity contribution in [2.75, 3.05) is 44.9 Å². The van der Waals surface area contributed by atoms with Gasteiger partial charge in [-0.05, 0) is 46.9 Å². The van der Waals surface area contributed by atoms with Gasteiger partial charge >= 0.3 is 0 Å². The van der Waals surface area contributed by atoms with Gasteiger partial charge in [-0.1, -0.05) is 20.8 Å². The molecule has 1 saturated heterocycles. The number of ether oxygens (including phenoxy) is 4. The molecule has 2 aromatic carbocycles. The van der Waals surface area contributed by atoms with E-state index < -0.39 is 0 Å². The number of hydrogen-bond donors (Lipinski definition) is 1. The Morgan fingerprint density at radius 1 is 1.02 bits per heavy atom. The normalized spacial score (nSPS) is 16.5. The average Bonchev–Trinajstić information content (AvgIpc) is 3.26. The first-order chi connectivity index (χ1) is 19.7. The van der Waals surface area contributed by atoms with Crippen molar-refractivity contribution in [2.45, 2.75) is 45.9 Å². The van der Waals surface area contributed by atoms with E-state index in [4.69, 9.17) is 24.4 Å². The van der Waals surface area contributed by atoms with Crippen LogP contribution in [0.5, 0.6) is 17.2 Å². The van der Waals surface area contributed by atoms with Gasteiger partial charge in [0.15, 0.2) is 17.3 Å². The van der Waals surface area contributed by atoms with Gasteiger partial charge in [-0.25, -0.2) is 0 Å². The summed E-state index contributed by atoms with van der Waals surface area (Å²) in [6.07, 6.45) is 3.55. The maximum atomic E-state index is 13.8. The molecular formula is C32H36N4O5. The minimum atomic E-state index is -0.231. The standard InChI is InChI=1S/C32H36N4O5/c1-32(2,3)25-11-21(12-26(30(25)38-4)35-7-9-39-10-8-35)27(37)17-36-16-22-13-28-29(14-24(22)31(36)33)40-18-20-5-6-34-15-23(20)19-41-28/h5-6,11-15,33H,7-10,16-19H2,1-4H3. The Morgan fingerprint density at radius 3 is 2.49 bits per heavy atom. The van der Waals surface area contributed by atoms with Crippen molar-refractivity contribution in [3.63, 3.8) is 0 Å². The number of carbonyl (C=O) groups excluding carboxylic acids is 1. The number of fused-ring (bicyclic) bond motifs is 3. The van der Waals surface area contributed by atoms with Gasteiger partial charge in [-0.2, -0.15) is 0 Å². The molecule has 9 heteroatoms. The highest BCUT2D eigenvalue weighted by molar-refractivity contribution is 6.06. The molecule has 0 amide bonds. The molecule has 6 rings (SSSR count). The van der Waals surface area contributed by atoms with Crippen molar-refractivity contribution in [3.8, 4) is 17.2 Å². The summed E-state index contributed by atoms with van der Waals surface area (Å²) in [7, 11) is 1.69. The fraction of sp³-hybridized carbons (Fsp3) is 0.406. The minimum Gasteiger partial charge on any atom is -0.494 e. The molecule has 3 aliphatic heterocycles. The summed E-state index contributed by atoms with van der Waals surface area (Å²) >= 11 is 0. The highest BCUT2D eigenvalue weighted by Gasteiger charge is 2.31. The van der Waals surface area contributed by atoms with Crippen molar-refractivity contribution < 1.29 is 23.7 Å². The van der Waals surface area contributed by atoms with E-state index in [1.165, 1.54) is 0 Å².